The summed E-state index contributed by atoms with van der Waals surface area (Å²) in [6.45, 7) is 5.41. The highest BCUT2D eigenvalue weighted by Crippen LogP contribution is 2.13. The molecule has 4 nitrogen and oxygen atoms in total. The maximum absolute atomic E-state index is 11.9. The summed E-state index contributed by atoms with van der Waals surface area (Å²) in [4.78, 5) is 13.6. The highest BCUT2D eigenvalue weighted by molar-refractivity contribution is 5.85. The third kappa shape index (κ3) is 4.68. The second-order valence-corrected chi connectivity index (χ2v) is 4.79. The van der Waals surface area contributed by atoms with Crippen LogP contribution in [-0.4, -0.2) is 41.1 Å². The molecule has 0 aromatic heterocycles. The number of aliphatic hydroxyl groups excluding tert-OH is 1. The minimum absolute atomic E-state index is 0. The number of hydrogen-bond acceptors (Lipinski definition) is 3. The van der Waals surface area contributed by atoms with E-state index in [1.54, 1.807) is 4.90 Å². The number of rotatable bonds is 3. The SMILES string of the molecule is CC(C)CC(N)C(=O)N1CCC(O)CC1.Cl. The van der Waals surface area contributed by atoms with Crippen LogP contribution in [0.4, 0.5) is 0 Å². The minimum Gasteiger partial charge on any atom is -0.393 e. The van der Waals surface area contributed by atoms with E-state index in [9.17, 15) is 9.90 Å². The molecule has 0 radical (unpaired) electrons. The summed E-state index contributed by atoms with van der Waals surface area (Å²) < 4.78 is 0. The van der Waals surface area contributed by atoms with Crippen LogP contribution in [0.25, 0.3) is 0 Å². The number of amides is 1. The summed E-state index contributed by atoms with van der Waals surface area (Å²) in [7, 11) is 0. The summed E-state index contributed by atoms with van der Waals surface area (Å²) in [5, 5.41) is 9.32. The lowest BCUT2D eigenvalue weighted by atomic mass is 10.0. The molecule has 1 unspecified atom stereocenters. The van der Waals surface area contributed by atoms with Crippen molar-refractivity contribution in [2.75, 3.05) is 13.1 Å². The fourth-order valence-corrected chi connectivity index (χ4v) is 1.93. The zero-order valence-electron chi connectivity index (χ0n) is 10.1. The van der Waals surface area contributed by atoms with E-state index in [4.69, 9.17) is 5.73 Å². The molecular formula is C11H23ClN2O2. The van der Waals surface area contributed by atoms with Gasteiger partial charge >= 0.3 is 0 Å². The summed E-state index contributed by atoms with van der Waals surface area (Å²) in [6, 6.07) is -0.375. The Hall–Kier alpha value is -0.320. The molecule has 1 amide bonds. The molecule has 0 aliphatic carbocycles. The summed E-state index contributed by atoms with van der Waals surface area (Å²) in [6.07, 6.45) is 1.86. The van der Waals surface area contributed by atoms with E-state index in [1.807, 2.05) is 0 Å². The first-order valence-electron chi connectivity index (χ1n) is 5.73. The van der Waals surface area contributed by atoms with E-state index in [0.29, 0.717) is 31.8 Å². The van der Waals surface area contributed by atoms with Crippen LogP contribution in [0.15, 0.2) is 0 Å². The Kier molecular flexibility index (Phi) is 6.95. The first kappa shape index (κ1) is 15.7. The lowest BCUT2D eigenvalue weighted by Gasteiger charge is -2.31. The van der Waals surface area contributed by atoms with Crippen LogP contribution >= 0.6 is 12.4 Å². The summed E-state index contributed by atoms with van der Waals surface area (Å²) in [5.74, 6) is 0.481. The van der Waals surface area contributed by atoms with Crippen LogP contribution in [-0.2, 0) is 4.79 Å². The van der Waals surface area contributed by atoms with Crippen molar-refractivity contribution in [2.24, 2.45) is 11.7 Å². The maximum atomic E-state index is 11.9. The average molecular weight is 251 g/mol. The molecule has 0 spiro atoms. The van der Waals surface area contributed by atoms with Crippen LogP contribution in [0.3, 0.4) is 0 Å². The third-order valence-corrected chi connectivity index (χ3v) is 2.82. The van der Waals surface area contributed by atoms with Crippen molar-refractivity contribution < 1.29 is 9.90 Å². The molecule has 0 bridgehead atoms. The first-order chi connectivity index (χ1) is 7.00. The highest BCUT2D eigenvalue weighted by Gasteiger charge is 2.25. The van der Waals surface area contributed by atoms with Gasteiger partial charge in [-0.1, -0.05) is 13.8 Å². The Morgan fingerprint density at radius 2 is 1.94 bits per heavy atom. The predicted molar refractivity (Wildman–Crippen MR) is 66.5 cm³/mol. The van der Waals surface area contributed by atoms with Crippen molar-refractivity contribution >= 4 is 18.3 Å². The standard InChI is InChI=1S/C11H22N2O2.ClH/c1-8(2)7-10(12)11(15)13-5-3-9(14)4-6-13;/h8-10,14H,3-7,12H2,1-2H3;1H. The second-order valence-electron chi connectivity index (χ2n) is 4.79. The number of carbonyl (C=O) groups is 1. The van der Waals surface area contributed by atoms with Gasteiger partial charge in [-0.15, -0.1) is 12.4 Å². The quantitative estimate of drug-likeness (QED) is 0.778. The fraction of sp³-hybridized carbons (Fsp3) is 0.909. The van der Waals surface area contributed by atoms with Gasteiger partial charge in [-0.25, -0.2) is 0 Å². The van der Waals surface area contributed by atoms with Gasteiger partial charge in [-0.05, 0) is 25.2 Å². The molecule has 1 fully saturated rings. The number of halogens is 1. The van der Waals surface area contributed by atoms with Crippen LogP contribution < -0.4 is 5.73 Å². The second kappa shape index (κ2) is 7.09. The molecule has 1 aliphatic rings. The Morgan fingerprint density at radius 3 is 2.38 bits per heavy atom. The van der Waals surface area contributed by atoms with Gasteiger partial charge in [0.05, 0.1) is 12.1 Å². The normalized spacial score (nSPS) is 19.4. The number of nitrogens with zero attached hydrogens (tertiary/aromatic N) is 1. The van der Waals surface area contributed by atoms with Gasteiger partial charge in [0.25, 0.3) is 0 Å². The Balaban J connectivity index is 0.00000225. The van der Waals surface area contributed by atoms with E-state index >= 15 is 0 Å². The third-order valence-electron chi connectivity index (χ3n) is 2.82. The molecule has 16 heavy (non-hydrogen) atoms. The molecule has 0 aromatic carbocycles. The molecule has 1 aliphatic heterocycles. The first-order valence-corrected chi connectivity index (χ1v) is 5.73. The van der Waals surface area contributed by atoms with E-state index < -0.39 is 0 Å². The van der Waals surface area contributed by atoms with Crippen molar-refractivity contribution in [2.45, 2.75) is 45.3 Å². The molecule has 1 atom stereocenters. The van der Waals surface area contributed by atoms with Crippen LogP contribution in [0.5, 0.6) is 0 Å². The lowest BCUT2D eigenvalue weighted by Crippen LogP contribution is -2.48. The van der Waals surface area contributed by atoms with E-state index in [-0.39, 0.29) is 30.5 Å². The number of piperidine rings is 1. The van der Waals surface area contributed by atoms with Crippen LogP contribution in [0, 0.1) is 5.92 Å². The van der Waals surface area contributed by atoms with E-state index in [2.05, 4.69) is 13.8 Å². The molecule has 0 saturated carbocycles. The number of nitrogens with two attached hydrogens (primary N) is 1. The van der Waals surface area contributed by atoms with Gasteiger partial charge in [0.2, 0.25) is 5.91 Å². The highest BCUT2D eigenvalue weighted by atomic mass is 35.5. The molecule has 5 heteroatoms. The topological polar surface area (TPSA) is 66.6 Å². The Labute approximate surface area is 104 Å². The molecule has 0 aromatic rings. The van der Waals surface area contributed by atoms with Gasteiger partial charge in [0.15, 0.2) is 0 Å². The number of carbonyl (C=O) groups excluding carboxylic acids is 1. The van der Waals surface area contributed by atoms with Gasteiger partial charge in [0, 0.05) is 13.1 Å². The maximum Gasteiger partial charge on any atom is 0.239 e. The van der Waals surface area contributed by atoms with Gasteiger partial charge < -0.3 is 15.7 Å². The molecule has 96 valence electrons. The summed E-state index contributed by atoms with van der Waals surface area (Å²) in [5.41, 5.74) is 5.83. The molecule has 3 N–H and O–H groups in total. The largest absolute Gasteiger partial charge is 0.393 e. The van der Waals surface area contributed by atoms with Gasteiger partial charge in [-0.3, -0.25) is 4.79 Å². The van der Waals surface area contributed by atoms with Crippen LogP contribution in [0.2, 0.25) is 0 Å². The summed E-state index contributed by atoms with van der Waals surface area (Å²) >= 11 is 0. The van der Waals surface area contributed by atoms with Crippen molar-refractivity contribution in [3.63, 3.8) is 0 Å². The lowest BCUT2D eigenvalue weighted by molar-refractivity contribution is -0.134. The number of hydrogen-bond donors (Lipinski definition) is 2. The van der Waals surface area contributed by atoms with Crippen molar-refractivity contribution in [3.8, 4) is 0 Å². The van der Waals surface area contributed by atoms with Crippen LogP contribution in [0.1, 0.15) is 33.1 Å². The molecule has 1 heterocycles. The smallest absolute Gasteiger partial charge is 0.239 e. The fourth-order valence-electron chi connectivity index (χ4n) is 1.93. The van der Waals surface area contributed by atoms with Gasteiger partial charge in [-0.2, -0.15) is 0 Å². The molecule has 1 saturated heterocycles. The minimum atomic E-state index is -0.375. The number of aliphatic hydroxyl groups is 1. The van der Waals surface area contributed by atoms with Crippen molar-refractivity contribution in [1.29, 1.82) is 0 Å². The van der Waals surface area contributed by atoms with E-state index in [0.717, 1.165) is 6.42 Å². The van der Waals surface area contributed by atoms with E-state index in [1.165, 1.54) is 0 Å². The Morgan fingerprint density at radius 1 is 1.44 bits per heavy atom. The van der Waals surface area contributed by atoms with Gasteiger partial charge in [0.1, 0.15) is 0 Å². The Bertz CT molecular complexity index is 216. The van der Waals surface area contributed by atoms with Crippen molar-refractivity contribution in [1.82, 2.24) is 4.90 Å². The molecule has 1 rings (SSSR count). The zero-order valence-corrected chi connectivity index (χ0v) is 10.9. The molecular weight excluding hydrogens is 228 g/mol. The van der Waals surface area contributed by atoms with Crippen molar-refractivity contribution in [3.05, 3.63) is 0 Å². The monoisotopic (exact) mass is 250 g/mol. The zero-order chi connectivity index (χ0) is 11.4. The predicted octanol–water partition coefficient (Wildman–Crippen LogP) is 0.765. The number of likely N-dealkylation sites (tertiary alicyclic amines) is 1. The average Bonchev–Trinajstić information content (AvgIpc) is 2.17.